The van der Waals surface area contributed by atoms with Gasteiger partial charge in [0, 0.05) is 5.69 Å². The molecular weight excluding hydrogens is 362 g/mol. The van der Waals surface area contributed by atoms with Gasteiger partial charge in [-0.2, -0.15) is 10.2 Å². The van der Waals surface area contributed by atoms with Crippen LogP contribution in [0, 0.1) is 0 Å². The molecule has 0 radical (unpaired) electrons. The van der Waals surface area contributed by atoms with Crippen molar-refractivity contribution >= 4 is 28.4 Å². The van der Waals surface area contributed by atoms with Crippen LogP contribution in [0.4, 0.5) is 5.69 Å². The van der Waals surface area contributed by atoms with Crippen LogP contribution in [0.3, 0.4) is 0 Å². The Kier molecular flexibility index (Phi) is 4.55. The maximum absolute atomic E-state index is 12.5. The van der Waals surface area contributed by atoms with Crippen molar-refractivity contribution in [3.8, 4) is 10.6 Å². The lowest BCUT2D eigenvalue weighted by Gasteiger charge is -2.09. The Morgan fingerprint density at radius 2 is 2.11 bits per heavy atom. The standard InChI is InChI=1S/C19H17N5O2S/c1-2-12-6-3-4-7-13(12)20-18(25)11-17-21-22-19(26)15-10-14(23-24(15)17)16-8-5-9-27-16/h3-10H,2,11H2,1H3,(H,20,25)(H,22,26). The molecule has 0 fully saturated rings. The summed E-state index contributed by atoms with van der Waals surface area (Å²) in [6.07, 6.45) is 0.817. The lowest BCUT2D eigenvalue weighted by Crippen LogP contribution is -2.22. The molecule has 136 valence electrons. The second-order valence-corrected chi connectivity index (χ2v) is 6.96. The number of aromatic nitrogens is 4. The second-order valence-electron chi connectivity index (χ2n) is 6.01. The van der Waals surface area contributed by atoms with Crippen LogP contribution in [0.15, 0.2) is 52.6 Å². The van der Waals surface area contributed by atoms with E-state index in [2.05, 4.69) is 20.6 Å². The van der Waals surface area contributed by atoms with Crippen LogP contribution in [0.5, 0.6) is 0 Å². The molecule has 0 spiro atoms. The average Bonchev–Trinajstić information content (AvgIpc) is 3.34. The SMILES string of the molecule is CCc1ccccc1NC(=O)Cc1n[nH]c(=O)c2cc(-c3cccs3)nn12. The normalized spacial score (nSPS) is 11.0. The highest BCUT2D eigenvalue weighted by molar-refractivity contribution is 7.13. The van der Waals surface area contributed by atoms with E-state index in [0.29, 0.717) is 17.0 Å². The van der Waals surface area contributed by atoms with E-state index in [9.17, 15) is 9.59 Å². The van der Waals surface area contributed by atoms with E-state index < -0.39 is 0 Å². The van der Waals surface area contributed by atoms with Gasteiger partial charge in [-0.25, -0.2) is 9.61 Å². The van der Waals surface area contributed by atoms with Gasteiger partial charge in [0.15, 0.2) is 5.82 Å². The molecule has 7 nitrogen and oxygen atoms in total. The summed E-state index contributed by atoms with van der Waals surface area (Å²) in [5.74, 6) is 0.156. The van der Waals surface area contributed by atoms with Gasteiger partial charge in [0.05, 0.1) is 11.3 Å². The summed E-state index contributed by atoms with van der Waals surface area (Å²) >= 11 is 1.53. The third-order valence-corrected chi connectivity index (χ3v) is 5.13. The van der Waals surface area contributed by atoms with Crippen molar-refractivity contribution in [1.29, 1.82) is 0 Å². The first-order valence-electron chi connectivity index (χ1n) is 8.54. The Balaban J connectivity index is 1.65. The molecule has 0 atom stereocenters. The van der Waals surface area contributed by atoms with Gasteiger partial charge >= 0.3 is 0 Å². The number of H-pyrrole nitrogens is 1. The number of para-hydroxylation sites is 1. The number of carbonyl (C=O) groups is 1. The summed E-state index contributed by atoms with van der Waals surface area (Å²) in [5, 5.41) is 15.8. The maximum Gasteiger partial charge on any atom is 0.290 e. The quantitative estimate of drug-likeness (QED) is 0.558. The molecule has 0 bridgehead atoms. The number of fused-ring (bicyclic) bond motifs is 1. The lowest BCUT2D eigenvalue weighted by molar-refractivity contribution is -0.115. The van der Waals surface area contributed by atoms with Crippen LogP contribution < -0.4 is 10.9 Å². The van der Waals surface area contributed by atoms with Crippen LogP contribution in [-0.4, -0.2) is 25.7 Å². The van der Waals surface area contributed by atoms with E-state index in [-0.39, 0.29) is 17.9 Å². The van der Waals surface area contributed by atoms with Crippen molar-refractivity contribution in [2.45, 2.75) is 19.8 Å². The van der Waals surface area contributed by atoms with Crippen LogP contribution in [0.2, 0.25) is 0 Å². The zero-order valence-corrected chi connectivity index (χ0v) is 15.4. The van der Waals surface area contributed by atoms with Crippen LogP contribution in [-0.2, 0) is 17.6 Å². The number of hydrogen-bond acceptors (Lipinski definition) is 5. The molecule has 0 aliphatic heterocycles. The Labute approximate surface area is 158 Å². The van der Waals surface area contributed by atoms with Gasteiger partial charge in [-0.05, 0) is 35.6 Å². The summed E-state index contributed by atoms with van der Waals surface area (Å²) in [7, 11) is 0. The molecule has 0 saturated carbocycles. The summed E-state index contributed by atoms with van der Waals surface area (Å²) < 4.78 is 1.44. The minimum atomic E-state index is -0.342. The van der Waals surface area contributed by atoms with Gasteiger partial charge in [0.25, 0.3) is 5.56 Å². The Hall–Kier alpha value is -3.26. The second kappa shape index (κ2) is 7.16. The van der Waals surface area contributed by atoms with Gasteiger partial charge in [-0.1, -0.05) is 31.2 Å². The van der Waals surface area contributed by atoms with Crippen molar-refractivity contribution in [3.05, 3.63) is 69.6 Å². The molecule has 0 aliphatic rings. The van der Waals surface area contributed by atoms with Crippen molar-refractivity contribution in [3.63, 3.8) is 0 Å². The monoisotopic (exact) mass is 379 g/mol. The van der Waals surface area contributed by atoms with Crippen LogP contribution in [0.25, 0.3) is 16.1 Å². The molecule has 4 rings (SSSR count). The van der Waals surface area contributed by atoms with Crippen LogP contribution in [0.1, 0.15) is 18.3 Å². The molecule has 1 aromatic carbocycles. The van der Waals surface area contributed by atoms with E-state index in [1.54, 1.807) is 6.07 Å². The highest BCUT2D eigenvalue weighted by Crippen LogP contribution is 2.24. The van der Waals surface area contributed by atoms with Crippen molar-refractivity contribution < 1.29 is 4.79 Å². The van der Waals surface area contributed by atoms with Gasteiger partial charge in [0.1, 0.15) is 11.2 Å². The van der Waals surface area contributed by atoms with Crippen molar-refractivity contribution in [2.75, 3.05) is 5.32 Å². The topological polar surface area (TPSA) is 92.1 Å². The summed E-state index contributed by atoms with van der Waals surface area (Å²) in [6, 6.07) is 13.2. The minimum absolute atomic E-state index is 0.00309. The molecule has 4 aromatic rings. The molecule has 27 heavy (non-hydrogen) atoms. The smallest absolute Gasteiger partial charge is 0.290 e. The number of aryl methyl sites for hydroxylation is 1. The number of nitrogens with zero attached hydrogens (tertiary/aromatic N) is 3. The number of anilines is 1. The number of carbonyl (C=O) groups excluding carboxylic acids is 1. The first-order valence-corrected chi connectivity index (χ1v) is 9.42. The van der Waals surface area contributed by atoms with E-state index >= 15 is 0 Å². The largest absolute Gasteiger partial charge is 0.325 e. The van der Waals surface area contributed by atoms with Crippen LogP contribution >= 0.6 is 11.3 Å². The van der Waals surface area contributed by atoms with Crippen molar-refractivity contribution in [1.82, 2.24) is 19.8 Å². The zero-order chi connectivity index (χ0) is 18.8. The predicted molar refractivity (Wildman–Crippen MR) is 105 cm³/mol. The third-order valence-electron chi connectivity index (χ3n) is 4.24. The average molecular weight is 379 g/mol. The van der Waals surface area contributed by atoms with E-state index in [0.717, 1.165) is 22.5 Å². The number of thiophene rings is 1. The number of amides is 1. The predicted octanol–water partition coefficient (Wildman–Crippen LogP) is 2.89. The fraction of sp³-hybridized carbons (Fsp3) is 0.158. The Morgan fingerprint density at radius 3 is 2.89 bits per heavy atom. The Morgan fingerprint density at radius 1 is 1.26 bits per heavy atom. The minimum Gasteiger partial charge on any atom is -0.325 e. The summed E-state index contributed by atoms with van der Waals surface area (Å²) in [4.78, 5) is 25.6. The fourth-order valence-corrected chi connectivity index (χ4v) is 3.59. The summed E-state index contributed by atoms with van der Waals surface area (Å²) in [6.45, 7) is 2.04. The third kappa shape index (κ3) is 3.39. The number of benzene rings is 1. The number of hydrogen-bond donors (Lipinski definition) is 2. The fourth-order valence-electron chi connectivity index (χ4n) is 2.91. The number of nitrogens with one attached hydrogen (secondary N) is 2. The lowest BCUT2D eigenvalue weighted by atomic mass is 10.1. The highest BCUT2D eigenvalue weighted by Gasteiger charge is 2.15. The number of rotatable bonds is 5. The molecule has 0 unspecified atom stereocenters. The zero-order valence-electron chi connectivity index (χ0n) is 14.6. The highest BCUT2D eigenvalue weighted by atomic mass is 32.1. The van der Waals surface area contributed by atoms with E-state index in [1.165, 1.54) is 15.9 Å². The van der Waals surface area contributed by atoms with Gasteiger partial charge < -0.3 is 5.32 Å². The molecular formula is C19H17N5O2S. The summed E-state index contributed by atoms with van der Waals surface area (Å²) in [5.41, 5.74) is 2.55. The molecule has 0 aliphatic carbocycles. The molecule has 0 saturated heterocycles. The molecule has 8 heteroatoms. The first kappa shape index (κ1) is 17.2. The molecule has 3 aromatic heterocycles. The van der Waals surface area contributed by atoms with E-state index in [1.807, 2.05) is 48.7 Å². The van der Waals surface area contributed by atoms with E-state index in [4.69, 9.17) is 0 Å². The maximum atomic E-state index is 12.5. The first-order chi connectivity index (χ1) is 13.2. The van der Waals surface area contributed by atoms with Crippen molar-refractivity contribution in [2.24, 2.45) is 0 Å². The Bertz CT molecular complexity index is 1160. The van der Waals surface area contributed by atoms with Gasteiger partial charge in [-0.3, -0.25) is 9.59 Å². The molecule has 1 amide bonds. The number of aromatic amines is 1. The van der Waals surface area contributed by atoms with Gasteiger partial charge in [0.2, 0.25) is 5.91 Å². The van der Waals surface area contributed by atoms with Gasteiger partial charge in [-0.15, -0.1) is 11.3 Å². The molecule has 2 N–H and O–H groups in total. The molecule has 3 heterocycles.